The third kappa shape index (κ3) is 3.96. The Balaban J connectivity index is 1.66. The Hall–Kier alpha value is -2.89. The number of carboxylic acid groups (broad SMARTS) is 1. The number of ether oxygens (including phenoxy) is 1. The number of rotatable bonds is 5. The van der Waals surface area contributed by atoms with Crippen LogP contribution in [0.15, 0.2) is 54.6 Å². The lowest BCUT2D eigenvalue weighted by Gasteiger charge is -2.17. The second-order valence-corrected chi connectivity index (χ2v) is 6.01. The molecule has 1 heterocycles. The van der Waals surface area contributed by atoms with Gasteiger partial charge in [0.2, 0.25) is 0 Å². The first-order chi connectivity index (χ1) is 12.0. The van der Waals surface area contributed by atoms with Gasteiger partial charge in [0.25, 0.3) is 5.91 Å². The third-order valence-corrected chi connectivity index (χ3v) is 4.38. The summed E-state index contributed by atoms with van der Waals surface area (Å²) in [6, 6.07) is 14.9. The van der Waals surface area contributed by atoms with Gasteiger partial charge in [-0.3, -0.25) is 9.59 Å². The number of nitrogens with zero attached hydrogens (tertiary/aromatic N) is 1. The van der Waals surface area contributed by atoms with E-state index in [-0.39, 0.29) is 30.7 Å². The molecule has 0 aromatic heterocycles. The monoisotopic (exact) mass is 343 g/mol. The first-order valence-corrected chi connectivity index (χ1v) is 7.98. The number of likely N-dealkylation sites (tertiary alicyclic amines) is 1. The fourth-order valence-electron chi connectivity index (χ4n) is 3.09. The second kappa shape index (κ2) is 7.34. The zero-order valence-corrected chi connectivity index (χ0v) is 13.5. The van der Waals surface area contributed by atoms with Gasteiger partial charge in [-0.05, 0) is 17.7 Å². The molecule has 5 nitrogen and oxygen atoms in total. The summed E-state index contributed by atoms with van der Waals surface area (Å²) in [5.41, 5.74) is 0.899. The Bertz CT molecular complexity index is 765. The van der Waals surface area contributed by atoms with Crippen LogP contribution < -0.4 is 4.74 Å². The molecule has 3 rings (SSSR count). The summed E-state index contributed by atoms with van der Waals surface area (Å²) in [4.78, 5) is 25.4. The lowest BCUT2D eigenvalue weighted by molar-refractivity contribution is -0.142. The fourth-order valence-corrected chi connectivity index (χ4v) is 3.09. The molecule has 130 valence electrons. The second-order valence-electron chi connectivity index (χ2n) is 6.01. The summed E-state index contributed by atoms with van der Waals surface area (Å²) >= 11 is 0. The van der Waals surface area contributed by atoms with Gasteiger partial charge in [-0.25, -0.2) is 4.39 Å². The summed E-state index contributed by atoms with van der Waals surface area (Å²) in [6.07, 6.45) is 0. The molecule has 1 aliphatic heterocycles. The van der Waals surface area contributed by atoms with Gasteiger partial charge in [0, 0.05) is 25.1 Å². The van der Waals surface area contributed by atoms with Crippen molar-refractivity contribution in [1.82, 2.24) is 4.90 Å². The Labute approximate surface area is 144 Å². The van der Waals surface area contributed by atoms with Crippen molar-refractivity contribution in [2.45, 2.75) is 5.92 Å². The number of hydrogen-bond donors (Lipinski definition) is 1. The van der Waals surface area contributed by atoms with Gasteiger partial charge in [0.05, 0.1) is 5.92 Å². The minimum absolute atomic E-state index is 0.139. The highest BCUT2D eigenvalue weighted by Gasteiger charge is 2.40. The maximum absolute atomic E-state index is 13.1. The normalized spacial score (nSPS) is 19.6. The molecule has 0 aliphatic carbocycles. The quantitative estimate of drug-likeness (QED) is 0.906. The fraction of sp³-hybridized carbons (Fsp3) is 0.263. The lowest BCUT2D eigenvalue weighted by Crippen LogP contribution is -2.33. The first-order valence-electron chi connectivity index (χ1n) is 7.98. The van der Waals surface area contributed by atoms with Gasteiger partial charge in [0.1, 0.15) is 11.6 Å². The minimum atomic E-state index is -0.921. The van der Waals surface area contributed by atoms with E-state index in [1.165, 1.54) is 23.1 Å². The molecule has 0 radical (unpaired) electrons. The van der Waals surface area contributed by atoms with E-state index in [2.05, 4.69) is 0 Å². The molecule has 1 N–H and O–H groups in total. The van der Waals surface area contributed by atoms with E-state index < -0.39 is 17.7 Å². The summed E-state index contributed by atoms with van der Waals surface area (Å²) in [5, 5.41) is 9.47. The van der Waals surface area contributed by atoms with Gasteiger partial charge in [-0.15, -0.1) is 0 Å². The zero-order chi connectivity index (χ0) is 17.8. The van der Waals surface area contributed by atoms with Gasteiger partial charge >= 0.3 is 5.97 Å². The Morgan fingerprint density at radius 2 is 1.88 bits per heavy atom. The van der Waals surface area contributed by atoms with Crippen molar-refractivity contribution in [3.05, 3.63) is 66.0 Å². The number of halogens is 1. The van der Waals surface area contributed by atoms with Crippen molar-refractivity contribution in [3.8, 4) is 5.75 Å². The summed E-state index contributed by atoms with van der Waals surface area (Å²) < 4.78 is 18.5. The van der Waals surface area contributed by atoms with E-state index in [9.17, 15) is 19.1 Å². The van der Waals surface area contributed by atoms with Crippen molar-refractivity contribution in [2.75, 3.05) is 19.7 Å². The van der Waals surface area contributed by atoms with Crippen LogP contribution in [-0.2, 0) is 9.59 Å². The van der Waals surface area contributed by atoms with E-state index in [1.807, 2.05) is 30.3 Å². The van der Waals surface area contributed by atoms with E-state index in [4.69, 9.17) is 4.74 Å². The van der Waals surface area contributed by atoms with Crippen LogP contribution in [0.5, 0.6) is 5.75 Å². The van der Waals surface area contributed by atoms with Gasteiger partial charge in [-0.2, -0.15) is 0 Å². The number of carboxylic acids is 1. The van der Waals surface area contributed by atoms with Crippen LogP contribution in [0.4, 0.5) is 4.39 Å². The topological polar surface area (TPSA) is 66.8 Å². The highest BCUT2D eigenvalue weighted by molar-refractivity contribution is 5.80. The Kier molecular flexibility index (Phi) is 4.97. The number of aliphatic carboxylic acids is 1. The van der Waals surface area contributed by atoms with Gasteiger partial charge < -0.3 is 14.7 Å². The molecule has 2 atom stereocenters. The van der Waals surface area contributed by atoms with Crippen LogP contribution >= 0.6 is 0 Å². The average Bonchev–Trinajstić information content (AvgIpc) is 3.06. The smallest absolute Gasteiger partial charge is 0.308 e. The summed E-state index contributed by atoms with van der Waals surface area (Å²) in [5.74, 6) is -2.32. The molecule has 0 saturated carbocycles. The van der Waals surface area contributed by atoms with E-state index in [0.717, 1.165) is 5.56 Å². The van der Waals surface area contributed by atoms with E-state index in [1.54, 1.807) is 6.07 Å². The van der Waals surface area contributed by atoms with Crippen molar-refractivity contribution in [3.63, 3.8) is 0 Å². The molecule has 0 unspecified atom stereocenters. The van der Waals surface area contributed by atoms with Crippen LogP contribution in [0, 0.1) is 11.7 Å². The van der Waals surface area contributed by atoms with Gasteiger partial charge in [-0.1, -0.05) is 36.4 Å². The highest BCUT2D eigenvalue weighted by Crippen LogP contribution is 2.33. The van der Waals surface area contributed by atoms with E-state index in [0.29, 0.717) is 6.54 Å². The molecule has 2 aromatic rings. The molecule has 1 saturated heterocycles. The number of amides is 1. The predicted octanol–water partition coefficient (Wildman–Crippen LogP) is 2.53. The standard InChI is InChI=1S/C19H18FNO4/c20-14-7-4-8-15(9-14)25-12-18(22)21-10-16(17(11-21)19(23)24)13-5-2-1-3-6-13/h1-9,16-17H,10-12H2,(H,23,24)/t16-,17+/m0/s1. The van der Waals surface area contributed by atoms with Crippen LogP contribution in [-0.4, -0.2) is 41.6 Å². The SMILES string of the molecule is O=C(O)[C@@H]1CN(C(=O)COc2cccc(F)c2)C[C@H]1c1ccccc1. The highest BCUT2D eigenvalue weighted by atomic mass is 19.1. The summed E-state index contributed by atoms with van der Waals surface area (Å²) in [7, 11) is 0. The average molecular weight is 343 g/mol. The number of benzene rings is 2. The summed E-state index contributed by atoms with van der Waals surface area (Å²) in [6.45, 7) is 0.212. The lowest BCUT2D eigenvalue weighted by atomic mass is 9.89. The third-order valence-electron chi connectivity index (χ3n) is 4.38. The van der Waals surface area contributed by atoms with E-state index >= 15 is 0 Å². The molecule has 6 heteroatoms. The number of hydrogen-bond acceptors (Lipinski definition) is 3. The maximum Gasteiger partial charge on any atom is 0.308 e. The minimum Gasteiger partial charge on any atom is -0.484 e. The van der Waals surface area contributed by atoms with Gasteiger partial charge in [0.15, 0.2) is 6.61 Å². The molecule has 0 bridgehead atoms. The molecular weight excluding hydrogens is 325 g/mol. The Morgan fingerprint density at radius 1 is 1.12 bits per heavy atom. The molecule has 25 heavy (non-hydrogen) atoms. The van der Waals surface area contributed by atoms with Crippen molar-refractivity contribution >= 4 is 11.9 Å². The van der Waals surface area contributed by atoms with Crippen LogP contribution in [0.2, 0.25) is 0 Å². The van der Waals surface area contributed by atoms with Crippen LogP contribution in [0.1, 0.15) is 11.5 Å². The first kappa shape index (κ1) is 17.0. The predicted molar refractivity (Wildman–Crippen MR) is 88.8 cm³/mol. The van der Waals surface area contributed by atoms with Crippen molar-refractivity contribution < 1.29 is 23.8 Å². The zero-order valence-electron chi connectivity index (χ0n) is 13.5. The largest absolute Gasteiger partial charge is 0.484 e. The molecule has 1 fully saturated rings. The maximum atomic E-state index is 13.1. The molecule has 0 spiro atoms. The molecular formula is C19H18FNO4. The number of carbonyl (C=O) groups excluding carboxylic acids is 1. The van der Waals surface area contributed by atoms with Crippen LogP contribution in [0.3, 0.4) is 0 Å². The molecule has 1 aliphatic rings. The van der Waals surface area contributed by atoms with Crippen LogP contribution in [0.25, 0.3) is 0 Å². The van der Waals surface area contributed by atoms with Crippen molar-refractivity contribution in [2.24, 2.45) is 5.92 Å². The molecule has 1 amide bonds. The Morgan fingerprint density at radius 3 is 2.56 bits per heavy atom. The number of carbonyl (C=O) groups is 2. The van der Waals surface area contributed by atoms with Crippen molar-refractivity contribution in [1.29, 1.82) is 0 Å². The molecule has 2 aromatic carbocycles.